The third-order valence-corrected chi connectivity index (χ3v) is 4.87. The van der Waals surface area contributed by atoms with Crippen molar-refractivity contribution in [3.63, 3.8) is 0 Å². The molecule has 3 atom stereocenters. The van der Waals surface area contributed by atoms with Crippen LogP contribution >= 0.6 is 0 Å². The van der Waals surface area contributed by atoms with Crippen LogP contribution in [-0.2, 0) is 13.0 Å². The van der Waals surface area contributed by atoms with Crippen molar-refractivity contribution in [3.8, 4) is 0 Å². The molecule has 3 unspecified atom stereocenters. The SMILES string of the molecule is CCn1nc(C)cc1CC(NN)C1C2CCCC21. The Bertz CT molecular complexity index is 415. The number of fused-ring (bicyclic) bond motifs is 1. The molecule has 1 aromatic rings. The minimum atomic E-state index is 0.432. The third kappa shape index (κ3) is 1.97. The van der Waals surface area contributed by atoms with Crippen LogP contribution in [0.1, 0.15) is 37.6 Å². The molecule has 2 aliphatic carbocycles. The zero-order valence-electron chi connectivity index (χ0n) is 11.4. The second-order valence-corrected chi connectivity index (χ2v) is 5.91. The molecule has 0 radical (unpaired) electrons. The van der Waals surface area contributed by atoms with Gasteiger partial charge < -0.3 is 0 Å². The molecule has 100 valence electrons. The molecule has 1 aromatic heterocycles. The largest absolute Gasteiger partial charge is 0.271 e. The molecule has 0 spiro atoms. The molecule has 2 saturated carbocycles. The first-order valence-corrected chi connectivity index (χ1v) is 7.24. The highest BCUT2D eigenvalue weighted by Crippen LogP contribution is 2.59. The third-order valence-electron chi connectivity index (χ3n) is 4.87. The summed E-state index contributed by atoms with van der Waals surface area (Å²) in [6.07, 6.45) is 5.27. The average molecular weight is 248 g/mol. The predicted molar refractivity (Wildman–Crippen MR) is 71.8 cm³/mol. The van der Waals surface area contributed by atoms with Crippen LogP contribution in [0, 0.1) is 24.7 Å². The van der Waals surface area contributed by atoms with E-state index in [2.05, 4.69) is 35.1 Å². The van der Waals surface area contributed by atoms with Gasteiger partial charge in [0.15, 0.2) is 0 Å². The molecule has 0 aromatic carbocycles. The normalized spacial score (nSPS) is 31.4. The molecule has 2 fully saturated rings. The number of nitrogens with two attached hydrogens (primary N) is 1. The van der Waals surface area contributed by atoms with Crippen molar-refractivity contribution in [1.82, 2.24) is 15.2 Å². The minimum Gasteiger partial charge on any atom is -0.271 e. The summed E-state index contributed by atoms with van der Waals surface area (Å²) in [7, 11) is 0. The molecule has 3 rings (SSSR count). The Balaban J connectivity index is 1.70. The van der Waals surface area contributed by atoms with Gasteiger partial charge in [-0.1, -0.05) is 6.42 Å². The summed E-state index contributed by atoms with van der Waals surface area (Å²) in [6, 6.07) is 2.63. The molecule has 3 N–H and O–H groups in total. The molecule has 2 aliphatic rings. The van der Waals surface area contributed by atoms with Crippen molar-refractivity contribution < 1.29 is 0 Å². The number of hydrazine groups is 1. The molecule has 1 heterocycles. The maximum atomic E-state index is 5.78. The molecule has 4 nitrogen and oxygen atoms in total. The Labute approximate surface area is 109 Å². The van der Waals surface area contributed by atoms with E-state index in [0.717, 1.165) is 36.4 Å². The number of nitrogens with one attached hydrogen (secondary N) is 1. The van der Waals surface area contributed by atoms with E-state index in [9.17, 15) is 0 Å². The molecule has 4 heteroatoms. The first-order valence-electron chi connectivity index (χ1n) is 7.24. The summed E-state index contributed by atoms with van der Waals surface area (Å²) < 4.78 is 2.11. The number of aromatic nitrogens is 2. The lowest BCUT2D eigenvalue weighted by atomic mass is 10.00. The van der Waals surface area contributed by atoms with Gasteiger partial charge in [0, 0.05) is 24.7 Å². The van der Waals surface area contributed by atoms with Gasteiger partial charge in [0.05, 0.1) is 5.69 Å². The second-order valence-electron chi connectivity index (χ2n) is 5.91. The predicted octanol–water partition coefficient (Wildman–Crippen LogP) is 1.63. The van der Waals surface area contributed by atoms with E-state index < -0.39 is 0 Å². The van der Waals surface area contributed by atoms with Gasteiger partial charge in [0.25, 0.3) is 0 Å². The standard InChI is InChI=1S/C14H24N4/c1-3-18-10(7-9(2)17-18)8-13(16-15)14-11-5-4-6-12(11)14/h7,11-14,16H,3-6,8,15H2,1-2H3. The van der Waals surface area contributed by atoms with E-state index in [1.165, 1.54) is 25.0 Å². The fourth-order valence-corrected chi connectivity index (χ4v) is 4.04. The summed E-state index contributed by atoms with van der Waals surface area (Å²) >= 11 is 0. The summed E-state index contributed by atoms with van der Waals surface area (Å²) in [5, 5.41) is 4.52. The lowest BCUT2D eigenvalue weighted by Gasteiger charge is -2.18. The summed E-state index contributed by atoms with van der Waals surface area (Å²) in [5.74, 6) is 8.49. The highest BCUT2D eigenvalue weighted by atomic mass is 15.3. The van der Waals surface area contributed by atoms with Gasteiger partial charge in [-0.3, -0.25) is 16.0 Å². The molecule has 0 bridgehead atoms. The second kappa shape index (κ2) is 4.67. The monoisotopic (exact) mass is 248 g/mol. The van der Waals surface area contributed by atoms with Gasteiger partial charge in [-0.25, -0.2) is 0 Å². The molecular weight excluding hydrogens is 224 g/mol. The molecule has 0 saturated heterocycles. The zero-order chi connectivity index (χ0) is 12.7. The Hall–Kier alpha value is -0.870. The molecular formula is C14H24N4. The van der Waals surface area contributed by atoms with Crippen LogP contribution in [0.25, 0.3) is 0 Å². The van der Waals surface area contributed by atoms with Crippen LogP contribution in [0.4, 0.5) is 0 Å². The first kappa shape index (κ1) is 12.2. The van der Waals surface area contributed by atoms with E-state index in [1.54, 1.807) is 0 Å². The maximum absolute atomic E-state index is 5.78. The van der Waals surface area contributed by atoms with Crippen molar-refractivity contribution >= 4 is 0 Å². The molecule has 0 aliphatic heterocycles. The summed E-state index contributed by atoms with van der Waals surface area (Å²) in [4.78, 5) is 0. The summed E-state index contributed by atoms with van der Waals surface area (Å²) in [5.41, 5.74) is 5.49. The quantitative estimate of drug-likeness (QED) is 0.615. The maximum Gasteiger partial charge on any atom is 0.0596 e. The van der Waals surface area contributed by atoms with Crippen LogP contribution in [0.2, 0.25) is 0 Å². The van der Waals surface area contributed by atoms with Crippen LogP contribution < -0.4 is 11.3 Å². The van der Waals surface area contributed by atoms with E-state index in [1.807, 2.05) is 0 Å². The van der Waals surface area contributed by atoms with Gasteiger partial charge in [0.1, 0.15) is 0 Å². The fraction of sp³-hybridized carbons (Fsp3) is 0.786. The Morgan fingerprint density at radius 3 is 2.83 bits per heavy atom. The number of hydrogen-bond acceptors (Lipinski definition) is 3. The highest BCUT2D eigenvalue weighted by molar-refractivity contribution is 5.14. The Morgan fingerprint density at radius 1 is 1.50 bits per heavy atom. The van der Waals surface area contributed by atoms with Crippen LogP contribution in [0.5, 0.6) is 0 Å². The molecule has 18 heavy (non-hydrogen) atoms. The first-order chi connectivity index (χ1) is 8.74. The van der Waals surface area contributed by atoms with Crippen molar-refractivity contribution in [3.05, 3.63) is 17.5 Å². The van der Waals surface area contributed by atoms with Crippen LogP contribution in [0.15, 0.2) is 6.07 Å². The van der Waals surface area contributed by atoms with Gasteiger partial charge in [-0.05, 0) is 50.5 Å². The van der Waals surface area contributed by atoms with Crippen molar-refractivity contribution in [2.24, 2.45) is 23.6 Å². The van der Waals surface area contributed by atoms with Gasteiger partial charge in [-0.15, -0.1) is 0 Å². The average Bonchev–Trinajstić information content (AvgIpc) is 2.76. The van der Waals surface area contributed by atoms with Crippen LogP contribution in [0.3, 0.4) is 0 Å². The van der Waals surface area contributed by atoms with Crippen molar-refractivity contribution in [1.29, 1.82) is 0 Å². The Kier molecular flexibility index (Phi) is 3.16. The van der Waals surface area contributed by atoms with E-state index >= 15 is 0 Å². The lowest BCUT2D eigenvalue weighted by molar-refractivity contribution is 0.400. The van der Waals surface area contributed by atoms with E-state index in [0.29, 0.717) is 6.04 Å². The number of hydrogen-bond donors (Lipinski definition) is 2. The highest BCUT2D eigenvalue weighted by Gasteiger charge is 2.55. The van der Waals surface area contributed by atoms with Crippen molar-refractivity contribution in [2.75, 3.05) is 0 Å². The number of nitrogens with zero attached hydrogens (tertiary/aromatic N) is 2. The topological polar surface area (TPSA) is 55.9 Å². The van der Waals surface area contributed by atoms with E-state index in [-0.39, 0.29) is 0 Å². The van der Waals surface area contributed by atoms with Gasteiger partial charge in [-0.2, -0.15) is 5.10 Å². The van der Waals surface area contributed by atoms with Gasteiger partial charge >= 0.3 is 0 Å². The van der Waals surface area contributed by atoms with Crippen LogP contribution in [-0.4, -0.2) is 15.8 Å². The fourth-order valence-electron chi connectivity index (χ4n) is 4.04. The zero-order valence-corrected chi connectivity index (χ0v) is 11.4. The van der Waals surface area contributed by atoms with Crippen molar-refractivity contribution in [2.45, 2.75) is 52.1 Å². The van der Waals surface area contributed by atoms with E-state index in [4.69, 9.17) is 5.84 Å². The number of rotatable bonds is 5. The lowest BCUT2D eigenvalue weighted by Crippen LogP contribution is -2.40. The number of aryl methyl sites for hydroxylation is 2. The Morgan fingerprint density at radius 2 is 2.22 bits per heavy atom. The molecule has 0 amide bonds. The summed E-state index contributed by atoms with van der Waals surface area (Å²) in [6.45, 7) is 5.15. The van der Waals surface area contributed by atoms with Gasteiger partial charge in [0.2, 0.25) is 0 Å². The smallest absolute Gasteiger partial charge is 0.0596 e. The minimum absolute atomic E-state index is 0.432.